The number of nitrogens with one attached hydrogen (secondary N) is 1. The fourth-order valence-corrected chi connectivity index (χ4v) is 5.74. The second kappa shape index (κ2) is 6.75. The first-order chi connectivity index (χ1) is 13.5. The van der Waals surface area contributed by atoms with Crippen LogP contribution in [0.2, 0.25) is 0 Å². The maximum absolute atomic E-state index is 13.1. The van der Waals surface area contributed by atoms with E-state index in [0.717, 1.165) is 17.6 Å². The van der Waals surface area contributed by atoms with E-state index in [-0.39, 0.29) is 16.7 Å². The Kier molecular flexibility index (Phi) is 4.33. The van der Waals surface area contributed by atoms with E-state index in [1.165, 1.54) is 4.31 Å². The number of carbonyl (C=O) groups is 1. The van der Waals surface area contributed by atoms with Gasteiger partial charge in [-0.2, -0.15) is 4.31 Å². The molecule has 0 bridgehead atoms. The van der Waals surface area contributed by atoms with Gasteiger partial charge in [-0.15, -0.1) is 0 Å². The number of fused-ring (bicyclic) bond motifs is 1. The van der Waals surface area contributed by atoms with Crippen molar-refractivity contribution in [3.05, 3.63) is 29.3 Å². The van der Waals surface area contributed by atoms with Crippen molar-refractivity contribution in [2.45, 2.75) is 11.3 Å². The maximum Gasteiger partial charge on any atom is 0.243 e. The van der Waals surface area contributed by atoms with Gasteiger partial charge in [0.25, 0.3) is 0 Å². The Balaban J connectivity index is 1.28. The van der Waals surface area contributed by atoms with Crippen molar-refractivity contribution in [1.29, 1.82) is 0 Å². The first-order valence-corrected chi connectivity index (χ1v) is 11.0. The predicted molar refractivity (Wildman–Crippen MR) is 102 cm³/mol. The van der Waals surface area contributed by atoms with Crippen LogP contribution in [0.3, 0.4) is 0 Å². The van der Waals surface area contributed by atoms with E-state index in [9.17, 15) is 13.2 Å². The molecule has 9 heteroatoms. The zero-order valence-electron chi connectivity index (χ0n) is 15.5. The normalized spacial score (nSPS) is 24.7. The van der Waals surface area contributed by atoms with Gasteiger partial charge >= 0.3 is 0 Å². The highest BCUT2D eigenvalue weighted by Gasteiger charge is 2.39. The molecule has 0 aromatic heterocycles. The van der Waals surface area contributed by atoms with Crippen molar-refractivity contribution in [2.24, 2.45) is 5.92 Å². The number of sulfonamides is 1. The van der Waals surface area contributed by atoms with Crippen molar-refractivity contribution in [3.63, 3.8) is 0 Å². The molecule has 0 saturated carbocycles. The minimum absolute atomic E-state index is 0.0509. The molecule has 1 saturated heterocycles. The van der Waals surface area contributed by atoms with E-state index in [4.69, 9.17) is 9.47 Å². The number of hydrogen-bond acceptors (Lipinski definition) is 6. The van der Waals surface area contributed by atoms with E-state index in [1.54, 1.807) is 18.2 Å². The molecule has 0 spiro atoms. The van der Waals surface area contributed by atoms with Crippen LogP contribution in [0.15, 0.2) is 34.2 Å². The predicted octanol–water partition coefficient (Wildman–Crippen LogP) is 0.671. The van der Waals surface area contributed by atoms with Crippen LogP contribution < -0.4 is 10.1 Å². The number of anilines is 1. The lowest BCUT2D eigenvalue weighted by Crippen LogP contribution is -2.39. The molecule has 1 atom stereocenters. The molecule has 4 heterocycles. The summed E-state index contributed by atoms with van der Waals surface area (Å²) in [5.41, 5.74) is 2.81. The lowest BCUT2D eigenvalue weighted by atomic mass is 10.1. The van der Waals surface area contributed by atoms with Gasteiger partial charge in [0.05, 0.1) is 23.1 Å². The third-order valence-electron chi connectivity index (χ3n) is 5.85. The summed E-state index contributed by atoms with van der Waals surface area (Å²) < 4.78 is 38.6. The summed E-state index contributed by atoms with van der Waals surface area (Å²) in [6.45, 7) is 4.12. The van der Waals surface area contributed by atoms with Crippen molar-refractivity contribution in [1.82, 2.24) is 9.21 Å². The van der Waals surface area contributed by atoms with Crippen molar-refractivity contribution >= 4 is 21.6 Å². The van der Waals surface area contributed by atoms with Gasteiger partial charge in [0.2, 0.25) is 15.9 Å². The summed E-state index contributed by atoms with van der Waals surface area (Å²) in [6, 6.07) is 4.94. The van der Waals surface area contributed by atoms with Gasteiger partial charge in [-0.05, 0) is 35.8 Å². The van der Waals surface area contributed by atoms with Crippen LogP contribution in [0.4, 0.5) is 5.69 Å². The van der Waals surface area contributed by atoms with Crippen molar-refractivity contribution in [2.75, 3.05) is 57.9 Å². The van der Waals surface area contributed by atoms with E-state index in [0.29, 0.717) is 64.0 Å². The molecule has 0 unspecified atom stereocenters. The number of benzene rings is 1. The Morgan fingerprint density at radius 3 is 2.61 bits per heavy atom. The van der Waals surface area contributed by atoms with Crippen LogP contribution in [-0.4, -0.2) is 76.1 Å². The highest BCUT2D eigenvalue weighted by molar-refractivity contribution is 7.89. The number of carbonyl (C=O) groups excluding carboxylic acids is 1. The van der Waals surface area contributed by atoms with Gasteiger partial charge in [0.15, 0.2) is 0 Å². The van der Waals surface area contributed by atoms with Crippen LogP contribution in [0, 0.1) is 5.92 Å². The first-order valence-electron chi connectivity index (χ1n) is 9.59. The number of amides is 1. The highest BCUT2D eigenvalue weighted by atomic mass is 32.2. The molecule has 0 aliphatic carbocycles. The van der Waals surface area contributed by atoms with Crippen LogP contribution in [-0.2, 0) is 19.6 Å². The molecular weight excluding hydrogens is 382 g/mol. The number of ether oxygens (including phenoxy) is 2. The van der Waals surface area contributed by atoms with E-state index in [1.807, 2.05) is 4.90 Å². The number of rotatable bonds is 3. The largest absolute Gasteiger partial charge is 0.490 e. The lowest BCUT2D eigenvalue weighted by molar-refractivity contribution is -0.134. The minimum atomic E-state index is -3.59. The molecular formula is C19H23N3O5S. The van der Waals surface area contributed by atoms with E-state index >= 15 is 0 Å². The topological polar surface area (TPSA) is 88.2 Å². The Morgan fingerprint density at radius 1 is 1.11 bits per heavy atom. The van der Waals surface area contributed by atoms with E-state index in [2.05, 4.69) is 5.32 Å². The number of hydrogen-bond donors (Lipinski definition) is 1. The molecule has 150 valence electrons. The first kappa shape index (κ1) is 18.0. The van der Waals surface area contributed by atoms with Gasteiger partial charge in [0, 0.05) is 39.3 Å². The zero-order chi connectivity index (χ0) is 19.3. The Morgan fingerprint density at radius 2 is 1.89 bits per heavy atom. The molecule has 5 rings (SSSR count). The SMILES string of the molecule is O=C([C@@H]1CCOC1)N1CC2=C(C1)CN(S(=O)(=O)c1ccc3c(c1)NCCO3)C2. The summed E-state index contributed by atoms with van der Waals surface area (Å²) in [5.74, 6) is 0.754. The summed E-state index contributed by atoms with van der Waals surface area (Å²) in [5, 5.41) is 3.18. The third-order valence-corrected chi connectivity index (χ3v) is 7.64. The number of nitrogens with zero attached hydrogens (tertiary/aromatic N) is 2. The smallest absolute Gasteiger partial charge is 0.243 e. The second-order valence-electron chi connectivity index (χ2n) is 7.67. The maximum atomic E-state index is 13.1. The molecule has 4 aliphatic rings. The summed E-state index contributed by atoms with van der Waals surface area (Å²) >= 11 is 0. The molecule has 28 heavy (non-hydrogen) atoms. The molecule has 1 amide bonds. The fourth-order valence-electron chi connectivity index (χ4n) is 4.29. The molecule has 4 aliphatic heterocycles. The van der Waals surface area contributed by atoms with Gasteiger partial charge in [-0.1, -0.05) is 0 Å². The van der Waals surface area contributed by atoms with Gasteiger partial charge in [-0.25, -0.2) is 8.42 Å². The standard InChI is InChI=1S/C19H23N3O5S/c23-19(13-3-5-26-12-13)21-8-14-10-22(11-15(14)9-21)28(24,25)16-1-2-18-17(7-16)20-4-6-27-18/h1-2,7,13,20H,3-6,8-12H2/t13-/m1/s1. The van der Waals surface area contributed by atoms with Gasteiger partial charge in [-0.3, -0.25) is 4.79 Å². The molecule has 1 aromatic rings. The molecule has 8 nitrogen and oxygen atoms in total. The second-order valence-corrected chi connectivity index (χ2v) is 9.61. The Labute approximate surface area is 164 Å². The molecule has 1 fully saturated rings. The Hall–Kier alpha value is -2.10. The van der Waals surface area contributed by atoms with Gasteiger partial charge < -0.3 is 19.7 Å². The minimum Gasteiger partial charge on any atom is -0.490 e. The van der Waals surface area contributed by atoms with E-state index < -0.39 is 10.0 Å². The van der Waals surface area contributed by atoms with Crippen LogP contribution in [0.25, 0.3) is 0 Å². The zero-order valence-corrected chi connectivity index (χ0v) is 16.3. The Bertz CT molecular complexity index is 934. The fraction of sp³-hybridized carbons (Fsp3) is 0.526. The average molecular weight is 405 g/mol. The van der Waals surface area contributed by atoms with Crippen LogP contribution in [0.1, 0.15) is 6.42 Å². The highest BCUT2D eigenvalue weighted by Crippen LogP contribution is 2.34. The van der Waals surface area contributed by atoms with Gasteiger partial charge in [0.1, 0.15) is 12.4 Å². The third kappa shape index (κ3) is 2.98. The molecule has 0 radical (unpaired) electrons. The molecule has 1 aromatic carbocycles. The summed E-state index contributed by atoms with van der Waals surface area (Å²) in [6.07, 6.45) is 0.774. The van der Waals surface area contributed by atoms with Crippen LogP contribution in [0.5, 0.6) is 5.75 Å². The lowest BCUT2D eigenvalue weighted by Gasteiger charge is -2.25. The quantitative estimate of drug-likeness (QED) is 0.744. The summed E-state index contributed by atoms with van der Waals surface area (Å²) in [4.78, 5) is 14.7. The van der Waals surface area contributed by atoms with Crippen LogP contribution >= 0.6 is 0 Å². The summed E-state index contributed by atoms with van der Waals surface area (Å²) in [7, 11) is -3.59. The molecule has 1 N–H and O–H groups in total. The monoisotopic (exact) mass is 405 g/mol. The van der Waals surface area contributed by atoms with Crippen molar-refractivity contribution < 1.29 is 22.7 Å². The van der Waals surface area contributed by atoms with Crippen molar-refractivity contribution in [3.8, 4) is 5.75 Å². The average Bonchev–Trinajstić information content (AvgIpc) is 3.43.